The van der Waals surface area contributed by atoms with Crippen LogP contribution in [0.15, 0.2) is 0 Å². The van der Waals surface area contributed by atoms with Crippen molar-refractivity contribution in [3.8, 4) is 0 Å². The van der Waals surface area contributed by atoms with E-state index in [0.29, 0.717) is 6.04 Å². The van der Waals surface area contributed by atoms with Gasteiger partial charge in [-0.2, -0.15) is 0 Å². The minimum absolute atomic E-state index is 0.396. The van der Waals surface area contributed by atoms with Crippen molar-refractivity contribution in [3.05, 3.63) is 0 Å². The molecule has 1 N–H and O–H groups in total. The molecule has 1 saturated carbocycles. The highest BCUT2D eigenvalue weighted by molar-refractivity contribution is 7.84. The van der Waals surface area contributed by atoms with Gasteiger partial charge in [0.15, 0.2) is 0 Å². The fraction of sp³-hybridized carbons (Fsp3) is 1.00. The highest BCUT2D eigenvalue weighted by Crippen LogP contribution is 2.30. The van der Waals surface area contributed by atoms with Crippen molar-refractivity contribution in [1.82, 2.24) is 5.32 Å². The van der Waals surface area contributed by atoms with Gasteiger partial charge in [0.05, 0.1) is 0 Å². The zero-order valence-electron chi connectivity index (χ0n) is 11.0. The fourth-order valence-electron chi connectivity index (χ4n) is 2.74. The Morgan fingerprint density at radius 3 is 2.69 bits per heavy atom. The maximum atomic E-state index is 11.1. The van der Waals surface area contributed by atoms with E-state index in [4.69, 9.17) is 0 Å². The monoisotopic (exact) mass is 245 g/mol. The maximum Gasteiger partial charge on any atom is 0.0383 e. The summed E-state index contributed by atoms with van der Waals surface area (Å²) in [4.78, 5) is 0. The first-order valence-electron chi connectivity index (χ1n) is 6.65. The summed E-state index contributed by atoms with van der Waals surface area (Å²) in [5.74, 6) is 2.59. The van der Waals surface area contributed by atoms with E-state index in [0.717, 1.165) is 24.1 Å². The molecular formula is C13H27NOS. The number of nitrogens with one attached hydrogen (secondary N) is 1. The van der Waals surface area contributed by atoms with Gasteiger partial charge in [-0.05, 0) is 38.1 Å². The van der Waals surface area contributed by atoms with Crippen molar-refractivity contribution >= 4 is 10.8 Å². The summed E-state index contributed by atoms with van der Waals surface area (Å²) in [7, 11) is -0.673. The van der Waals surface area contributed by atoms with Crippen molar-refractivity contribution in [2.45, 2.75) is 52.0 Å². The second kappa shape index (κ2) is 7.44. The SMILES string of the molecule is CCC1CCCC(CNC(C)CS(C)=O)C1. The molecule has 0 saturated heterocycles. The molecule has 96 valence electrons. The predicted octanol–water partition coefficient (Wildman–Crippen LogP) is 2.56. The van der Waals surface area contributed by atoms with Gasteiger partial charge >= 0.3 is 0 Å². The van der Waals surface area contributed by atoms with Crippen LogP contribution in [0.3, 0.4) is 0 Å². The largest absolute Gasteiger partial charge is 0.313 e. The van der Waals surface area contributed by atoms with Crippen LogP contribution in [0.4, 0.5) is 0 Å². The van der Waals surface area contributed by atoms with Crippen LogP contribution in [0.5, 0.6) is 0 Å². The van der Waals surface area contributed by atoms with Gasteiger partial charge in [-0.1, -0.05) is 26.2 Å². The van der Waals surface area contributed by atoms with Crippen molar-refractivity contribution in [2.75, 3.05) is 18.6 Å². The Balaban J connectivity index is 2.18. The Labute approximate surface area is 103 Å². The summed E-state index contributed by atoms with van der Waals surface area (Å²) in [6.07, 6.45) is 8.73. The third kappa shape index (κ3) is 5.44. The molecule has 0 aliphatic heterocycles. The smallest absolute Gasteiger partial charge is 0.0383 e. The zero-order chi connectivity index (χ0) is 12.0. The van der Waals surface area contributed by atoms with Crippen LogP contribution in [0.2, 0.25) is 0 Å². The van der Waals surface area contributed by atoms with Crippen LogP contribution in [0.1, 0.15) is 46.0 Å². The van der Waals surface area contributed by atoms with Gasteiger partial charge in [-0.15, -0.1) is 0 Å². The molecule has 0 amide bonds. The zero-order valence-corrected chi connectivity index (χ0v) is 11.8. The Morgan fingerprint density at radius 1 is 1.38 bits per heavy atom. The molecule has 1 aliphatic carbocycles. The van der Waals surface area contributed by atoms with Crippen LogP contribution in [-0.2, 0) is 10.8 Å². The van der Waals surface area contributed by atoms with E-state index in [1.165, 1.54) is 32.1 Å². The van der Waals surface area contributed by atoms with E-state index < -0.39 is 10.8 Å². The molecule has 0 bridgehead atoms. The second-order valence-corrected chi connectivity index (χ2v) is 6.84. The molecule has 0 aromatic rings. The van der Waals surface area contributed by atoms with Gasteiger partial charge in [0.2, 0.25) is 0 Å². The highest BCUT2D eigenvalue weighted by atomic mass is 32.2. The first kappa shape index (κ1) is 14.2. The molecule has 0 radical (unpaired) electrons. The standard InChI is InChI=1S/C13H27NOS/c1-4-12-6-5-7-13(8-12)9-14-11(2)10-16(3)15/h11-14H,4-10H2,1-3H3. The normalized spacial score (nSPS) is 29.9. The van der Waals surface area contributed by atoms with Crippen molar-refractivity contribution in [3.63, 3.8) is 0 Å². The van der Waals surface area contributed by atoms with E-state index in [9.17, 15) is 4.21 Å². The van der Waals surface area contributed by atoms with Crippen LogP contribution in [0, 0.1) is 11.8 Å². The second-order valence-electron chi connectivity index (χ2n) is 5.36. The van der Waals surface area contributed by atoms with Gasteiger partial charge in [0.1, 0.15) is 0 Å². The van der Waals surface area contributed by atoms with Gasteiger partial charge in [-0.3, -0.25) is 4.21 Å². The topological polar surface area (TPSA) is 29.1 Å². The van der Waals surface area contributed by atoms with E-state index in [2.05, 4.69) is 19.2 Å². The van der Waals surface area contributed by atoms with Crippen molar-refractivity contribution in [1.29, 1.82) is 0 Å². The average Bonchev–Trinajstić information content (AvgIpc) is 2.26. The predicted molar refractivity (Wildman–Crippen MR) is 72.1 cm³/mol. The Hall–Kier alpha value is 0.110. The van der Waals surface area contributed by atoms with E-state index in [1.54, 1.807) is 6.26 Å². The summed E-state index contributed by atoms with van der Waals surface area (Å²) in [6.45, 7) is 5.57. The lowest BCUT2D eigenvalue weighted by atomic mass is 9.80. The highest BCUT2D eigenvalue weighted by Gasteiger charge is 2.20. The number of hydrogen-bond donors (Lipinski definition) is 1. The van der Waals surface area contributed by atoms with Crippen molar-refractivity contribution in [2.24, 2.45) is 11.8 Å². The van der Waals surface area contributed by atoms with Crippen LogP contribution in [0.25, 0.3) is 0 Å². The molecule has 4 unspecified atom stereocenters. The molecule has 4 atom stereocenters. The van der Waals surface area contributed by atoms with Gasteiger partial charge < -0.3 is 5.32 Å². The summed E-state index contributed by atoms with van der Waals surface area (Å²) in [5, 5.41) is 3.54. The van der Waals surface area contributed by atoms with E-state index >= 15 is 0 Å². The Morgan fingerprint density at radius 2 is 2.06 bits per heavy atom. The summed E-state index contributed by atoms with van der Waals surface area (Å²) < 4.78 is 11.1. The maximum absolute atomic E-state index is 11.1. The molecule has 0 heterocycles. The third-order valence-corrected chi connectivity index (χ3v) is 4.68. The van der Waals surface area contributed by atoms with Crippen molar-refractivity contribution < 1.29 is 4.21 Å². The average molecular weight is 245 g/mol. The lowest BCUT2D eigenvalue weighted by molar-refractivity contribution is 0.251. The molecule has 1 fully saturated rings. The van der Waals surface area contributed by atoms with Gasteiger partial charge in [0, 0.05) is 28.9 Å². The number of hydrogen-bond acceptors (Lipinski definition) is 2. The lowest BCUT2D eigenvalue weighted by Crippen LogP contribution is -2.36. The first-order valence-corrected chi connectivity index (χ1v) is 8.38. The van der Waals surface area contributed by atoms with Crippen LogP contribution < -0.4 is 5.32 Å². The third-order valence-electron chi connectivity index (χ3n) is 3.71. The van der Waals surface area contributed by atoms with Crippen LogP contribution >= 0.6 is 0 Å². The molecule has 0 aromatic heterocycles. The quantitative estimate of drug-likeness (QED) is 0.779. The Bertz CT molecular complexity index is 220. The Kier molecular flexibility index (Phi) is 6.59. The fourth-order valence-corrected chi connectivity index (χ4v) is 3.56. The first-order chi connectivity index (χ1) is 7.61. The molecule has 1 aliphatic rings. The summed E-state index contributed by atoms with van der Waals surface area (Å²) in [5.41, 5.74) is 0. The minimum atomic E-state index is -0.673. The number of rotatable bonds is 6. The summed E-state index contributed by atoms with van der Waals surface area (Å²) in [6, 6.07) is 0.396. The molecule has 16 heavy (non-hydrogen) atoms. The van der Waals surface area contributed by atoms with Crippen LogP contribution in [-0.4, -0.2) is 28.8 Å². The van der Waals surface area contributed by atoms with Gasteiger partial charge in [0.25, 0.3) is 0 Å². The summed E-state index contributed by atoms with van der Waals surface area (Å²) >= 11 is 0. The molecule has 3 heteroatoms. The molecule has 1 rings (SSSR count). The molecule has 0 spiro atoms. The van der Waals surface area contributed by atoms with Gasteiger partial charge in [-0.25, -0.2) is 0 Å². The van der Waals surface area contributed by atoms with E-state index in [1.807, 2.05) is 0 Å². The minimum Gasteiger partial charge on any atom is -0.313 e. The molecule has 2 nitrogen and oxygen atoms in total. The lowest BCUT2D eigenvalue weighted by Gasteiger charge is -2.29. The molecule has 0 aromatic carbocycles. The molecular weight excluding hydrogens is 218 g/mol. The van der Waals surface area contributed by atoms with E-state index in [-0.39, 0.29) is 0 Å².